The standard InChI is InChI=1S/C18H32N2/c1-4-6-8-10-14-20(15-11-9-7-5-2)18-12-13-19-17(3)16-18/h12-13,16H,4-11,14-15H2,1-3H3. The summed E-state index contributed by atoms with van der Waals surface area (Å²) >= 11 is 0. The van der Waals surface area contributed by atoms with Crippen molar-refractivity contribution in [3.63, 3.8) is 0 Å². The van der Waals surface area contributed by atoms with Gasteiger partial charge in [-0.15, -0.1) is 0 Å². The number of rotatable bonds is 11. The van der Waals surface area contributed by atoms with Gasteiger partial charge < -0.3 is 4.90 Å². The molecule has 0 atom stereocenters. The molecular weight excluding hydrogens is 244 g/mol. The van der Waals surface area contributed by atoms with Gasteiger partial charge in [-0.05, 0) is 31.9 Å². The smallest absolute Gasteiger partial charge is 0.0399 e. The molecule has 0 amide bonds. The van der Waals surface area contributed by atoms with E-state index >= 15 is 0 Å². The molecule has 114 valence electrons. The highest BCUT2D eigenvalue weighted by molar-refractivity contribution is 5.46. The molecule has 0 aromatic carbocycles. The van der Waals surface area contributed by atoms with E-state index in [9.17, 15) is 0 Å². The monoisotopic (exact) mass is 276 g/mol. The summed E-state index contributed by atoms with van der Waals surface area (Å²) in [5, 5.41) is 0. The van der Waals surface area contributed by atoms with E-state index in [-0.39, 0.29) is 0 Å². The van der Waals surface area contributed by atoms with Gasteiger partial charge in [0.25, 0.3) is 0 Å². The van der Waals surface area contributed by atoms with Crippen molar-refractivity contribution in [2.75, 3.05) is 18.0 Å². The summed E-state index contributed by atoms with van der Waals surface area (Å²) in [4.78, 5) is 6.87. The highest BCUT2D eigenvalue weighted by Crippen LogP contribution is 2.17. The molecule has 0 N–H and O–H groups in total. The minimum absolute atomic E-state index is 1.12. The van der Waals surface area contributed by atoms with E-state index in [0.29, 0.717) is 0 Å². The molecule has 0 bridgehead atoms. The predicted octanol–water partition coefficient (Wildman–Crippen LogP) is 5.36. The SMILES string of the molecule is CCCCCCN(CCCCCC)c1ccnc(C)c1. The van der Waals surface area contributed by atoms with Gasteiger partial charge in [0.05, 0.1) is 0 Å². The van der Waals surface area contributed by atoms with Gasteiger partial charge in [0.15, 0.2) is 0 Å². The Morgan fingerprint density at radius 1 is 0.900 bits per heavy atom. The van der Waals surface area contributed by atoms with Crippen molar-refractivity contribution < 1.29 is 0 Å². The lowest BCUT2D eigenvalue weighted by Gasteiger charge is -2.25. The first-order valence-electron chi connectivity index (χ1n) is 8.45. The average Bonchev–Trinajstić information content (AvgIpc) is 2.45. The van der Waals surface area contributed by atoms with Crippen molar-refractivity contribution in [3.05, 3.63) is 24.0 Å². The lowest BCUT2D eigenvalue weighted by Crippen LogP contribution is -2.25. The molecule has 0 aliphatic carbocycles. The van der Waals surface area contributed by atoms with E-state index < -0.39 is 0 Å². The van der Waals surface area contributed by atoms with Gasteiger partial charge in [0.2, 0.25) is 0 Å². The summed E-state index contributed by atoms with van der Waals surface area (Å²) in [5.74, 6) is 0. The Morgan fingerprint density at radius 2 is 1.50 bits per heavy atom. The third-order valence-corrected chi connectivity index (χ3v) is 3.81. The third-order valence-electron chi connectivity index (χ3n) is 3.81. The van der Waals surface area contributed by atoms with Gasteiger partial charge in [-0.2, -0.15) is 0 Å². The summed E-state index contributed by atoms with van der Waals surface area (Å²) in [6.45, 7) is 9.00. The molecule has 0 saturated carbocycles. The summed E-state index contributed by atoms with van der Waals surface area (Å²) in [7, 11) is 0. The molecule has 1 rings (SSSR count). The fourth-order valence-electron chi connectivity index (χ4n) is 2.56. The molecule has 0 fully saturated rings. The summed E-state index contributed by atoms with van der Waals surface area (Å²) in [6, 6.07) is 4.38. The normalized spacial score (nSPS) is 10.8. The van der Waals surface area contributed by atoms with Crippen LogP contribution in [-0.4, -0.2) is 18.1 Å². The second-order valence-electron chi connectivity index (χ2n) is 5.76. The molecule has 0 aliphatic rings. The zero-order valence-corrected chi connectivity index (χ0v) is 13.7. The number of aromatic nitrogens is 1. The van der Waals surface area contributed by atoms with E-state index in [0.717, 1.165) is 5.69 Å². The number of unbranched alkanes of at least 4 members (excludes halogenated alkanes) is 6. The van der Waals surface area contributed by atoms with Crippen molar-refractivity contribution in [1.82, 2.24) is 4.98 Å². The van der Waals surface area contributed by atoms with Gasteiger partial charge in [-0.25, -0.2) is 0 Å². The van der Waals surface area contributed by atoms with Crippen molar-refractivity contribution in [2.24, 2.45) is 0 Å². The number of nitrogens with zero attached hydrogens (tertiary/aromatic N) is 2. The number of pyridine rings is 1. The molecule has 0 saturated heterocycles. The Balaban J connectivity index is 2.49. The topological polar surface area (TPSA) is 16.1 Å². The summed E-state index contributed by atoms with van der Waals surface area (Å²) in [5.41, 5.74) is 2.47. The van der Waals surface area contributed by atoms with Crippen LogP contribution in [0.1, 0.15) is 70.9 Å². The van der Waals surface area contributed by atoms with Gasteiger partial charge in [0, 0.05) is 30.7 Å². The molecule has 0 spiro atoms. The lowest BCUT2D eigenvalue weighted by atomic mass is 10.1. The van der Waals surface area contributed by atoms with Crippen LogP contribution in [0.25, 0.3) is 0 Å². The van der Waals surface area contributed by atoms with Crippen LogP contribution in [-0.2, 0) is 0 Å². The molecule has 1 aromatic heterocycles. The average molecular weight is 276 g/mol. The van der Waals surface area contributed by atoms with Gasteiger partial charge >= 0.3 is 0 Å². The Morgan fingerprint density at radius 3 is 2.00 bits per heavy atom. The number of aryl methyl sites for hydroxylation is 1. The molecule has 0 radical (unpaired) electrons. The number of hydrogen-bond acceptors (Lipinski definition) is 2. The number of hydrogen-bond donors (Lipinski definition) is 0. The van der Waals surface area contributed by atoms with Gasteiger partial charge in [-0.3, -0.25) is 4.98 Å². The van der Waals surface area contributed by atoms with Crippen molar-refractivity contribution in [2.45, 2.75) is 72.1 Å². The predicted molar refractivity (Wildman–Crippen MR) is 89.5 cm³/mol. The van der Waals surface area contributed by atoms with E-state index in [4.69, 9.17) is 0 Å². The van der Waals surface area contributed by atoms with Crippen molar-refractivity contribution in [1.29, 1.82) is 0 Å². The highest BCUT2D eigenvalue weighted by Gasteiger charge is 2.06. The lowest BCUT2D eigenvalue weighted by molar-refractivity contribution is 0.608. The second-order valence-corrected chi connectivity index (χ2v) is 5.76. The fourth-order valence-corrected chi connectivity index (χ4v) is 2.56. The molecule has 1 heterocycles. The molecule has 2 nitrogen and oxygen atoms in total. The molecular formula is C18H32N2. The van der Waals surface area contributed by atoms with Gasteiger partial charge in [0.1, 0.15) is 0 Å². The summed E-state index contributed by atoms with van der Waals surface area (Å²) < 4.78 is 0. The van der Waals surface area contributed by atoms with Crippen LogP contribution in [0.2, 0.25) is 0 Å². The van der Waals surface area contributed by atoms with Crippen LogP contribution >= 0.6 is 0 Å². The zero-order chi connectivity index (χ0) is 14.6. The first kappa shape index (κ1) is 17.0. The molecule has 0 unspecified atom stereocenters. The quantitative estimate of drug-likeness (QED) is 0.506. The van der Waals surface area contributed by atoms with Crippen LogP contribution in [0.5, 0.6) is 0 Å². The molecule has 1 aromatic rings. The highest BCUT2D eigenvalue weighted by atomic mass is 15.1. The Hall–Kier alpha value is -1.05. The minimum atomic E-state index is 1.12. The maximum atomic E-state index is 4.31. The second kappa shape index (κ2) is 10.7. The van der Waals surface area contributed by atoms with Crippen LogP contribution in [0.15, 0.2) is 18.3 Å². The maximum absolute atomic E-state index is 4.31. The molecule has 0 aliphatic heterocycles. The maximum Gasteiger partial charge on any atom is 0.0399 e. The Labute approximate surface area is 125 Å². The Bertz CT molecular complexity index is 337. The Kier molecular flexibility index (Phi) is 9.10. The minimum Gasteiger partial charge on any atom is -0.371 e. The van der Waals surface area contributed by atoms with E-state index in [2.05, 4.69) is 42.8 Å². The van der Waals surface area contributed by atoms with Gasteiger partial charge in [-0.1, -0.05) is 52.4 Å². The van der Waals surface area contributed by atoms with Crippen LogP contribution in [0, 0.1) is 6.92 Å². The first-order chi connectivity index (χ1) is 9.77. The van der Waals surface area contributed by atoms with E-state index in [1.807, 2.05) is 6.20 Å². The molecule has 20 heavy (non-hydrogen) atoms. The van der Waals surface area contributed by atoms with E-state index in [1.54, 1.807) is 0 Å². The van der Waals surface area contributed by atoms with Crippen LogP contribution < -0.4 is 4.90 Å². The van der Waals surface area contributed by atoms with Crippen molar-refractivity contribution in [3.8, 4) is 0 Å². The van der Waals surface area contributed by atoms with Crippen LogP contribution in [0.4, 0.5) is 5.69 Å². The van der Waals surface area contributed by atoms with Crippen molar-refractivity contribution >= 4 is 5.69 Å². The van der Waals surface area contributed by atoms with E-state index in [1.165, 1.54) is 70.1 Å². The summed E-state index contributed by atoms with van der Waals surface area (Å²) in [6.07, 6.45) is 12.6. The largest absolute Gasteiger partial charge is 0.371 e. The van der Waals surface area contributed by atoms with Crippen LogP contribution in [0.3, 0.4) is 0 Å². The number of anilines is 1. The fraction of sp³-hybridized carbons (Fsp3) is 0.722. The first-order valence-corrected chi connectivity index (χ1v) is 8.45. The third kappa shape index (κ3) is 6.93. The zero-order valence-electron chi connectivity index (χ0n) is 13.7. The molecule has 2 heteroatoms.